The molecule has 0 aromatic heterocycles. The first kappa shape index (κ1) is 9.05. The van der Waals surface area contributed by atoms with Crippen LogP contribution in [-0.4, -0.2) is 13.6 Å². The van der Waals surface area contributed by atoms with E-state index in [9.17, 15) is 0 Å². The second kappa shape index (κ2) is 4.76. The lowest BCUT2D eigenvalue weighted by molar-refractivity contribution is 0.330. The van der Waals surface area contributed by atoms with Crippen molar-refractivity contribution in [1.29, 1.82) is 0 Å². The first-order valence-corrected chi connectivity index (χ1v) is 4.99. The normalized spacial score (nSPS) is 33.3. The molecule has 1 saturated carbocycles. The Hall–Kier alpha value is -0.0400. The molecule has 1 rings (SSSR count). The second-order valence-corrected chi connectivity index (χ2v) is 3.93. The molecule has 2 unspecified atom stereocenters. The highest BCUT2D eigenvalue weighted by Crippen LogP contribution is 2.27. The molecule has 2 atom stereocenters. The first-order valence-electron chi connectivity index (χ1n) is 4.99. The molecule has 1 aliphatic carbocycles. The lowest BCUT2D eigenvalue weighted by Crippen LogP contribution is -2.23. The number of rotatable bonds is 2. The van der Waals surface area contributed by atoms with Crippen molar-refractivity contribution in [2.45, 2.75) is 39.0 Å². The molecule has 1 N–H and O–H groups in total. The number of hydrogen-bond acceptors (Lipinski definition) is 1. The number of nitrogens with one attached hydrogen (secondary N) is 1. The van der Waals surface area contributed by atoms with Gasteiger partial charge in [-0.05, 0) is 31.8 Å². The Bertz CT molecular complexity index is 101. The lowest BCUT2D eigenvalue weighted by atomic mass is 9.90. The molecule has 1 fully saturated rings. The molecular formula is C10H21N. The summed E-state index contributed by atoms with van der Waals surface area (Å²) in [6.07, 6.45) is 7.27. The first-order chi connectivity index (χ1) is 5.34. The molecule has 0 aromatic carbocycles. The lowest BCUT2D eigenvalue weighted by Gasteiger charge is -2.20. The molecule has 11 heavy (non-hydrogen) atoms. The summed E-state index contributed by atoms with van der Waals surface area (Å²) < 4.78 is 0. The zero-order valence-corrected chi connectivity index (χ0v) is 7.90. The fourth-order valence-electron chi connectivity index (χ4n) is 2.14. The van der Waals surface area contributed by atoms with E-state index in [4.69, 9.17) is 0 Å². The average Bonchev–Trinajstić information content (AvgIpc) is 2.18. The summed E-state index contributed by atoms with van der Waals surface area (Å²) in [5.41, 5.74) is 0. The van der Waals surface area contributed by atoms with Gasteiger partial charge in [0.2, 0.25) is 0 Å². The fourth-order valence-corrected chi connectivity index (χ4v) is 2.14. The minimum atomic E-state index is 0.947. The van der Waals surface area contributed by atoms with Gasteiger partial charge in [0, 0.05) is 0 Å². The highest BCUT2D eigenvalue weighted by molar-refractivity contribution is 4.71. The maximum absolute atomic E-state index is 3.30. The van der Waals surface area contributed by atoms with Gasteiger partial charge in [-0.2, -0.15) is 0 Å². The maximum atomic E-state index is 3.30. The average molecular weight is 155 g/mol. The quantitative estimate of drug-likeness (QED) is 0.604. The minimum absolute atomic E-state index is 0.947. The summed E-state index contributed by atoms with van der Waals surface area (Å²) in [5, 5.41) is 3.30. The van der Waals surface area contributed by atoms with Crippen LogP contribution in [0.15, 0.2) is 0 Å². The fraction of sp³-hybridized carbons (Fsp3) is 1.00. The van der Waals surface area contributed by atoms with Crippen molar-refractivity contribution in [2.24, 2.45) is 11.8 Å². The van der Waals surface area contributed by atoms with E-state index in [0.717, 1.165) is 11.8 Å². The largest absolute Gasteiger partial charge is 0.319 e. The van der Waals surface area contributed by atoms with Gasteiger partial charge >= 0.3 is 0 Å². The Morgan fingerprint density at radius 1 is 1.18 bits per heavy atom. The predicted octanol–water partition coefficient (Wildman–Crippen LogP) is 2.42. The van der Waals surface area contributed by atoms with E-state index in [-0.39, 0.29) is 0 Å². The van der Waals surface area contributed by atoms with E-state index in [2.05, 4.69) is 19.3 Å². The monoisotopic (exact) mass is 155 g/mol. The highest BCUT2D eigenvalue weighted by atomic mass is 14.8. The van der Waals surface area contributed by atoms with Gasteiger partial charge in [-0.3, -0.25) is 0 Å². The van der Waals surface area contributed by atoms with Crippen molar-refractivity contribution < 1.29 is 0 Å². The number of hydrogen-bond donors (Lipinski definition) is 1. The summed E-state index contributed by atoms with van der Waals surface area (Å²) in [6, 6.07) is 0. The molecule has 66 valence electrons. The van der Waals surface area contributed by atoms with E-state index in [1.807, 2.05) is 0 Å². The van der Waals surface area contributed by atoms with Crippen LogP contribution >= 0.6 is 0 Å². The topological polar surface area (TPSA) is 12.0 Å². The van der Waals surface area contributed by atoms with Gasteiger partial charge in [0.15, 0.2) is 0 Å². The van der Waals surface area contributed by atoms with Crippen LogP contribution in [0.4, 0.5) is 0 Å². The molecule has 0 radical (unpaired) electrons. The highest BCUT2D eigenvalue weighted by Gasteiger charge is 2.18. The molecule has 0 spiro atoms. The Labute approximate surface area is 70.6 Å². The van der Waals surface area contributed by atoms with E-state index < -0.39 is 0 Å². The van der Waals surface area contributed by atoms with Crippen LogP contribution in [0.2, 0.25) is 0 Å². The molecule has 0 aliphatic heterocycles. The third kappa shape index (κ3) is 2.82. The Morgan fingerprint density at radius 3 is 2.64 bits per heavy atom. The van der Waals surface area contributed by atoms with Gasteiger partial charge < -0.3 is 5.32 Å². The van der Waals surface area contributed by atoms with Gasteiger partial charge in [-0.25, -0.2) is 0 Å². The zero-order valence-electron chi connectivity index (χ0n) is 7.90. The summed E-state index contributed by atoms with van der Waals surface area (Å²) in [5.74, 6) is 1.90. The van der Waals surface area contributed by atoms with Crippen molar-refractivity contribution in [3.8, 4) is 0 Å². The molecule has 0 amide bonds. The van der Waals surface area contributed by atoms with Crippen LogP contribution in [0.5, 0.6) is 0 Å². The van der Waals surface area contributed by atoms with Gasteiger partial charge in [-0.15, -0.1) is 0 Å². The summed E-state index contributed by atoms with van der Waals surface area (Å²) in [6.45, 7) is 3.63. The third-order valence-corrected chi connectivity index (χ3v) is 3.01. The minimum Gasteiger partial charge on any atom is -0.319 e. The van der Waals surface area contributed by atoms with Crippen molar-refractivity contribution in [2.75, 3.05) is 13.6 Å². The van der Waals surface area contributed by atoms with Crippen LogP contribution in [0.1, 0.15) is 39.0 Å². The van der Waals surface area contributed by atoms with Crippen molar-refractivity contribution in [1.82, 2.24) is 5.32 Å². The molecule has 0 saturated heterocycles. The Morgan fingerprint density at radius 2 is 1.91 bits per heavy atom. The summed E-state index contributed by atoms with van der Waals surface area (Å²) in [4.78, 5) is 0. The predicted molar refractivity (Wildman–Crippen MR) is 49.7 cm³/mol. The van der Waals surface area contributed by atoms with Crippen LogP contribution in [0, 0.1) is 11.8 Å². The van der Waals surface area contributed by atoms with Crippen LogP contribution in [0.25, 0.3) is 0 Å². The van der Waals surface area contributed by atoms with Crippen molar-refractivity contribution >= 4 is 0 Å². The van der Waals surface area contributed by atoms with Crippen molar-refractivity contribution in [3.05, 3.63) is 0 Å². The van der Waals surface area contributed by atoms with E-state index in [1.54, 1.807) is 0 Å². The molecule has 1 heteroatoms. The van der Waals surface area contributed by atoms with E-state index in [1.165, 1.54) is 38.6 Å². The van der Waals surface area contributed by atoms with Gasteiger partial charge in [0.1, 0.15) is 0 Å². The molecular weight excluding hydrogens is 134 g/mol. The smallest absolute Gasteiger partial charge is 0.00210 e. The van der Waals surface area contributed by atoms with Gasteiger partial charge in [0.05, 0.1) is 0 Å². The van der Waals surface area contributed by atoms with E-state index in [0.29, 0.717) is 0 Å². The summed E-state index contributed by atoms with van der Waals surface area (Å²) >= 11 is 0. The zero-order chi connectivity index (χ0) is 8.10. The third-order valence-electron chi connectivity index (χ3n) is 3.01. The van der Waals surface area contributed by atoms with Crippen molar-refractivity contribution in [3.63, 3.8) is 0 Å². The molecule has 0 heterocycles. The van der Waals surface area contributed by atoms with Crippen LogP contribution < -0.4 is 5.32 Å². The molecule has 1 aliphatic rings. The Balaban J connectivity index is 2.32. The molecule has 0 aromatic rings. The molecule has 0 bridgehead atoms. The molecule has 1 nitrogen and oxygen atoms in total. The standard InChI is InChI=1S/C10H21N/c1-9-6-4-3-5-7-10(9)8-11-2/h9-11H,3-8H2,1-2H3. The second-order valence-electron chi connectivity index (χ2n) is 3.93. The SMILES string of the molecule is CNCC1CCCCCC1C. The Kier molecular flexibility index (Phi) is 3.92. The van der Waals surface area contributed by atoms with Crippen LogP contribution in [0.3, 0.4) is 0 Å². The van der Waals surface area contributed by atoms with Crippen LogP contribution in [-0.2, 0) is 0 Å². The van der Waals surface area contributed by atoms with Gasteiger partial charge in [0.25, 0.3) is 0 Å². The summed E-state index contributed by atoms with van der Waals surface area (Å²) in [7, 11) is 2.07. The maximum Gasteiger partial charge on any atom is -0.00210 e. The van der Waals surface area contributed by atoms with E-state index >= 15 is 0 Å². The van der Waals surface area contributed by atoms with Gasteiger partial charge in [-0.1, -0.05) is 32.6 Å².